The summed E-state index contributed by atoms with van der Waals surface area (Å²) in [4.78, 5) is 22.7. The summed E-state index contributed by atoms with van der Waals surface area (Å²) in [7, 11) is 0. The molecule has 1 aliphatic carbocycles. The maximum Gasteiger partial charge on any atom is 0.146 e. The molecule has 0 heterocycles. The van der Waals surface area contributed by atoms with Gasteiger partial charge in [-0.15, -0.1) is 0 Å². The van der Waals surface area contributed by atoms with Crippen molar-refractivity contribution in [1.82, 2.24) is 0 Å². The normalized spacial score (nSPS) is 22.5. The molecule has 2 nitrogen and oxygen atoms in total. The highest BCUT2D eigenvalue weighted by atomic mass is 127. The zero-order valence-corrected chi connectivity index (χ0v) is 9.13. The van der Waals surface area contributed by atoms with Gasteiger partial charge in [0.25, 0.3) is 0 Å². The van der Waals surface area contributed by atoms with Gasteiger partial charge in [-0.2, -0.15) is 0 Å². The van der Waals surface area contributed by atoms with Crippen molar-refractivity contribution in [3.63, 3.8) is 0 Å². The van der Waals surface area contributed by atoms with Gasteiger partial charge in [0.05, 0.1) is 5.41 Å². The van der Waals surface area contributed by atoms with E-state index in [-0.39, 0.29) is 11.6 Å². The molecule has 0 saturated heterocycles. The smallest absolute Gasteiger partial charge is 0.146 e. The molecule has 0 aromatic carbocycles. The minimum Gasteiger partial charge on any atom is -0.299 e. The number of halogens is 1. The van der Waals surface area contributed by atoms with E-state index in [0.29, 0.717) is 19.3 Å². The lowest BCUT2D eigenvalue weighted by Gasteiger charge is -2.17. The lowest BCUT2D eigenvalue weighted by Crippen LogP contribution is -2.28. The van der Waals surface area contributed by atoms with Crippen LogP contribution >= 0.6 is 22.6 Å². The topological polar surface area (TPSA) is 34.1 Å². The van der Waals surface area contributed by atoms with E-state index in [4.69, 9.17) is 0 Å². The van der Waals surface area contributed by atoms with Crippen LogP contribution in [0.2, 0.25) is 0 Å². The third-order valence-electron chi connectivity index (χ3n) is 2.43. The molecule has 1 aliphatic rings. The Kier molecular flexibility index (Phi) is 3.04. The van der Waals surface area contributed by atoms with Gasteiger partial charge in [-0.25, -0.2) is 0 Å². The van der Waals surface area contributed by atoms with Crippen LogP contribution in [0.1, 0.15) is 26.2 Å². The number of Topliss-reactive ketones (excluding diaryl/α,β-unsaturated/α-hetero) is 2. The second-order valence-corrected chi connectivity index (χ2v) is 3.96. The highest BCUT2D eigenvalue weighted by Crippen LogP contribution is 2.34. The van der Waals surface area contributed by atoms with Crippen molar-refractivity contribution in [3.05, 3.63) is 10.2 Å². The fourth-order valence-corrected chi connectivity index (χ4v) is 1.70. The third-order valence-corrected chi connectivity index (χ3v) is 2.93. The van der Waals surface area contributed by atoms with Gasteiger partial charge in [0.2, 0.25) is 0 Å². The minimum absolute atomic E-state index is 0.0991. The fourth-order valence-electron chi connectivity index (χ4n) is 1.44. The Bertz CT molecular complexity index is 227. The van der Waals surface area contributed by atoms with Gasteiger partial charge < -0.3 is 0 Å². The van der Waals surface area contributed by atoms with Crippen molar-refractivity contribution in [1.29, 1.82) is 0 Å². The molecule has 0 unspecified atom stereocenters. The molecule has 1 saturated carbocycles. The van der Waals surface area contributed by atoms with E-state index >= 15 is 0 Å². The quantitative estimate of drug-likeness (QED) is 0.573. The number of allylic oxidation sites excluding steroid dienone is 1. The van der Waals surface area contributed by atoms with Gasteiger partial charge in [0.15, 0.2) is 0 Å². The number of hydrogen-bond acceptors (Lipinski definition) is 2. The van der Waals surface area contributed by atoms with Crippen LogP contribution in [0.3, 0.4) is 0 Å². The molecular formula is C9H11IO2. The summed E-state index contributed by atoms with van der Waals surface area (Å²) in [6, 6.07) is 0. The standard InChI is InChI=1S/C9H11IO2/c1-9(5-2-6-10)7(11)3-4-8(9)12/h2,6H,3-5H2,1H3/b6-2-. The summed E-state index contributed by atoms with van der Waals surface area (Å²) < 4.78 is 1.85. The first-order valence-electron chi connectivity index (χ1n) is 3.93. The van der Waals surface area contributed by atoms with Crippen LogP contribution in [0, 0.1) is 5.41 Å². The zero-order chi connectivity index (χ0) is 9.19. The largest absolute Gasteiger partial charge is 0.299 e. The second kappa shape index (κ2) is 3.68. The SMILES string of the molecule is CC1(C/C=C\I)C(=O)CCC1=O. The van der Waals surface area contributed by atoms with Crippen molar-refractivity contribution in [2.75, 3.05) is 0 Å². The molecule has 0 N–H and O–H groups in total. The van der Waals surface area contributed by atoms with E-state index in [2.05, 4.69) is 22.6 Å². The Hall–Kier alpha value is -0.190. The molecule has 0 aliphatic heterocycles. The first kappa shape index (κ1) is 9.89. The van der Waals surface area contributed by atoms with E-state index in [0.717, 1.165) is 0 Å². The number of carbonyl (C=O) groups excluding carboxylic acids is 2. The lowest BCUT2D eigenvalue weighted by molar-refractivity contribution is -0.133. The highest BCUT2D eigenvalue weighted by molar-refractivity contribution is 14.1. The molecule has 0 aromatic heterocycles. The Morgan fingerprint density at radius 1 is 1.42 bits per heavy atom. The predicted octanol–water partition coefficient (Wildman–Crippen LogP) is 2.26. The molecule has 3 heteroatoms. The Labute approximate surface area is 85.5 Å². The summed E-state index contributed by atoms with van der Waals surface area (Å²) in [6.45, 7) is 1.75. The van der Waals surface area contributed by atoms with Gasteiger partial charge >= 0.3 is 0 Å². The summed E-state index contributed by atoms with van der Waals surface area (Å²) in [5.41, 5.74) is -0.707. The van der Waals surface area contributed by atoms with Gasteiger partial charge in [0.1, 0.15) is 11.6 Å². The summed E-state index contributed by atoms with van der Waals surface area (Å²) >= 11 is 2.09. The maximum absolute atomic E-state index is 11.4. The van der Waals surface area contributed by atoms with Gasteiger partial charge in [-0.05, 0) is 17.4 Å². The molecule has 0 aromatic rings. The number of rotatable bonds is 2. The first-order chi connectivity index (χ1) is 5.61. The molecule has 0 amide bonds. The molecule has 66 valence electrons. The summed E-state index contributed by atoms with van der Waals surface area (Å²) in [6.07, 6.45) is 3.31. The maximum atomic E-state index is 11.4. The van der Waals surface area contributed by atoms with Crippen molar-refractivity contribution in [3.8, 4) is 0 Å². The Morgan fingerprint density at radius 3 is 2.33 bits per heavy atom. The number of hydrogen-bond donors (Lipinski definition) is 0. The van der Waals surface area contributed by atoms with Crippen LogP contribution in [-0.4, -0.2) is 11.6 Å². The highest BCUT2D eigenvalue weighted by Gasteiger charge is 2.43. The minimum atomic E-state index is -0.707. The monoisotopic (exact) mass is 278 g/mol. The van der Waals surface area contributed by atoms with Crippen LogP contribution in [0.5, 0.6) is 0 Å². The van der Waals surface area contributed by atoms with Crippen molar-refractivity contribution < 1.29 is 9.59 Å². The second-order valence-electron chi connectivity index (χ2n) is 3.24. The average molecular weight is 278 g/mol. The summed E-state index contributed by atoms with van der Waals surface area (Å²) in [5, 5.41) is 0. The van der Waals surface area contributed by atoms with Gasteiger partial charge in [0, 0.05) is 12.8 Å². The van der Waals surface area contributed by atoms with Crippen LogP contribution in [0.25, 0.3) is 0 Å². The molecule has 0 atom stereocenters. The van der Waals surface area contributed by atoms with Crippen LogP contribution < -0.4 is 0 Å². The molecule has 0 radical (unpaired) electrons. The van der Waals surface area contributed by atoms with Crippen molar-refractivity contribution in [2.24, 2.45) is 5.41 Å². The van der Waals surface area contributed by atoms with E-state index in [1.807, 2.05) is 10.2 Å². The first-order valence-corrected chi connectivity index (χ1v) is 5.17. The molecule has 1 fully saturated rings. The van der Waals surface area contributed by atoms with E-state index in [1.54, 1.807) is 6.92 Å². The van der Waals surface area contributed by atoms with Crippen LogP contribution in [0.4, 0.5) is 0 Å². The molecule has 0 spiro atoms. The van der Waals surface area contributed by atoms with E-state index < -0.39 is 5.41 Å². The Morgan fingerprint density at radius 2 is 1.92 bits per heavy atom. The zero-order valence-electron chi connectivity index (χ0n) is 6.97. The Balaban J connectivity index is 2.79. The lowest BCUT2D eigenvalue weighted by atomic mass is 9.83. The van der Waals surface area contributed by atoms with E-state index in [1.165, 1.54) is 0 Å². The predicted molar refractivity (Wildman–Crippen MR) is 55.1 cm³/mol. The van der Waals surface area contributed by atoms with Crippen molar-refractivity contribution >= 4 is 34.2 Å². The fraction of sp³-hybridized carbons (Fsp3) is 0.556. The van der Waals surface area contributed by atoms with E-state index in [9.17, 15) is 9.59 Å². The van der Waals surface area contributed by atoms with Crippen LogP contribution in [0.15, 0.2) is 10.2 Å². The summed E-state index contributed by atoms with van der Waals surface area (Å²) in [5.74, 6) is 0.198. The van der Waals surface area contributed by atoms with Gasteiger partial charge in [-0.1, -0.05) is 28.7 Å². The third kappa shape index (κ3) is 1.60. The number of ketones is 2. The molecule has 1 rings (SSSR count). The number of carbonyl (C=O) groups is 2. The van der Waals surface area contributed by atoms with Crippen molar-refractivity contribution in [2.45, 2.75) is 26.2 Å². The average Bonchev–Trinajstić information content (AvgIpc) is 2.30. The molecule has 0 bridgehead atoms. The molecular weight excluding hydrogens is 267 g/mol. The van der Waals surface area contributed by atoms with Crippen LogP contribution in [-0.2, 0) is 9.59 Å². The van der Waals surface area contributed by atoms with Gasteiger partial charge in [-0.3, -0.25) is 9.59 Å². The molecule has 12 heavy (non-hydrogen) atoms.